The quantitative estimate of drug-likeness (QED) is 0.0261. The van der Waals surface area contributed by atoms with Crippen molar-refractivity contribution in [3.05, 3.63) is 97.2 Å². The maximum absolute atomic E-state index is 12.8. The van der Waals surface area contributed by atoms with Crippen molar-refractivity contribution < 1.29 is 28.6 Å². The largest absolute Gasteiger partial charge is 0.462 e. The molecule has 0 spiro atoms. The minimum Gasteiger partial charge on any atom is -0.462 e. The number of esters is 3. The van der Waals surface area contributed by atoms with E-state index in [1.165, 1.54) is 122 Å². The summed E-state index contributed by atoms with van der Waals surface area (Å²) in [6, 6.07) is 0. The van der Waals surface area contributed by atoms with Crippen LogP contribution in [0, 0.1) is 0 Å². The second-order valence-corrected chi connectivity index (χ2v) is 19.9. The van der Waals surface area contributed by atoms with E-state index in [0.29, 0.717) is 19.3 Å². The summed E-state index contributed by atoms with van der Waals surface area (Å²) in [5, 5.41) is 0. The molecule has 0 rings (SSSR count). The van der Waals surface area contributed by atoms with E-state index >= 15 is 0 Å². The highest BCUT2D eigenvalue weighted by atomic mass is 16.6. The molecule has 0 heterocycles. The molecule has 72 heavy (non-hydrogen) atoms. The van der Waals surface area contributed by atoms with E-state index in [-0.39, 0.29) is 31.1 Å². The monoisotopic (exact) mass is 1000 g/mol. The topological polar surface area (TPSA) is 78.9 Å². The van der Waals surface area contributed by atoms with Crippen LogP contribution in [0.15, 0.2) is 97.2 Å². The van der Waals surface area contributed by atoms with E-state index in [9.17, 15) is 14.4 Å². The third-order valence-electron chi connectivity index (χ3n) is 12.8. The molecular formula is C66H112O6. The molecule has 0 aliphatic carbocycles. The van der Waals surface area contributed by atoms with Gasteiger partial charge in [-0.3, -0.25) is 14.4 Å². The summed E-state index contributed by atoms with van der Waals surface area (Å²) in [7, 11) is 0. The zero-order valence-corrected chi connectivity index (χ0v) is 47.2. The van der Waals surface area contributed by atoms with Gasteiger partial charge < -0.3 is 14.2 Å². The smallest absolute Gasteiger partial charge is 0.306 e. The van der Waals surface area contributed by atoms with Crippen molar-refractivity contribution in [2.24, 2.45) is 0 Å². The first-order valence-electron chi connectivity index (χ1n) is 30.2. The van der Waals surface area contributed by atoms with Gasteiger partial charge in [-0.15, -0.1) is 0 Å². The molecule has 6 heteroatoms. The summed E-state index contributed by atoms with van der Waals surface area (Å²) in [5.74, 6) is -0.895. The lowest BCUT2D eigenvalue weighted by molar-refractivity contribution is -0.167. The van der Waals surface area contributed by atoms with Crippen LogP contribution in [0.3, 0.4) is 0 Å². The molecule has 0 N–H and O–H groups in total. The first kappa shape index (κ1) is 68.3. The lowest BCUT2D eigenvalue weighted by Crippen LogP contribution is -2.30. The summed E-state index contributed by atoms with van der Waals surface area (Å²) in [4.78, 5) is 38.0. The van der Waals surface area contributed by atoms with Crippen LogP contribution in [-0.2, 0) is 28.6 Å². The number of hydrogen-bond acceptors (Lipinski definition) is 6. The molecular weight excluding hydrogens is 889 g/mol. The van der Waals surface area contributed by atoms with Crippen LogP contribution in [-0.4, -0.2) is 37.2 Å². The van der Waals surface area contributed by atoms with E-state index in [2.05, 4.69) is 118 Å². The van der Waals surface area contributed by atoms with Crippen LogP contribution in [0.1, 0.15) is 284 Å². The number of rotatable bonds is 54. The highest BCUT2D eigenvalue weighted by molar-refractivity contribution is 5.71. The molecule has 0 saturated heterocycles. The van der Waals surface area contributed by atoms with E-state index in [1.807, 2.05) is 0 Å². The molecule has 0 radical (unpaired) electrons. The predicted molar refractivity (Wildman–Crippen MR) is 311 cm³/mol. The van der Waals surface area contributed by atoms with Crippen molar-refractivity contribution in [2.45, 2.75) is 290 Å². The third-order valence-corrected chi connectivity index (χ3v) is 12.8. The lowest BCUT2D eigenvalue weighted by Gasteiger charge is -2.18. The maximum Gasteiger partial charge on any atom is 0.306 e. The number of ether oxygens (including phenoxy) is 3. The molecule has 0 aromatic carbocycles. The summed E-state index contributed by atoms with van der Waals surface area (Å²) in [5.41, 5.74) is 0. The molecule has 0 fully saturated rings. The van der Waals surface area contributed by atoms with Gasteiger partial charge in [0, 0.05) is 19.3 Å². The average Bonchev–Trinajstić information content (AvgIpc) is 3.38. The van der Waals surface area contributed by atoms with E-state index in [1.54, 1.807) is 0 Å². The maximum atomic E-state index is 12.8. The lowest BCUT2D eigenvalue weighted by atomic mass is 10.1. The number of allylic oxidation sites excluding steroid dienone is 16. The van der Waals surface area contributed by atoms with Crippen LogP contribution in [0.2, 0.25) is 0 Å². The second kappa shape index (κ2) is 59.9. The SMILES string of the molecule is CC/C=C\C/C=C\C/C=C\C/C=C\C/C=C\C/C=C\C/C=C\CCCCCCCCCCCC(=O)OCC(COC(=O)CCCCCCCCCC)OC(=O)CCCCCCC/C=C\CCCCCCCC. The van der Waals surface area contributed by atoms with Crippen LogP contribution >= 0.6 is 0 Å². The standard InChI is InChI=1S/C66H112O6/c1-4-7-10-13-16-19-21-23-25-26-27-28-29-30-31-32-33-34-35-36-37-38-39-40-42-43-45-47-50-53-56-59-65(68)71-62-63(61-70-64(67)58-55-52-49-18-15-12-9-6-3)72-66(69)60-57-54-51-48-46-44-41-24-22-20-17-14-11-8-5-2/h7,10,16,19,23-25,27-28,30-31,33-34,36-37,41,63H,4-6,8-9,11-15,17-18,20-22,26,29,32,35,38-40,42-62H2,1-3H3/b10-7-,19-16-,25-23-,28-27-,31-30-,34-33-,37-36-,41-24-. The van der Waals surface area contributed by atoms with Crippen molar-refractivity contribution in [1.29, 1.82) is 0 Å². The van der Waals surface area contributed by atoms with Gasteiger partial charge in [0.2, 0.25) is 0 Å². The Hall–Kier alpha value is -3.67. The van der Waals surface area contributed by atoms with Crippen molar-refractivity contribution >= 4 is 17.9 Å². The highest BCUT2D eigenvalue weighted by Crippen LogP contribution is 2.15. The van der Waals surface area contributed by atoms with Crippen molar-refractivity contribution in [2.75, 3.05) is 13.2 Å². The number of hydrogen-bond donors (Lipinski definition) is 0. The molecule has 0 aliphatic heterocycles. The first-order valence-corrected chi connectivity index (χ1v) is 30.2. The Morgan fingerprint density at radius 3 is 0.861 bits per heavy atom. The zero-order chi connectivity index (χ0) is 52.2. The summed E-state index contributed by atoms with van der Waals surface area (Å²) >= 11 is 0. The van der Waals surface area contributed by atoms with E-state index < -0.39 is 6.10 Å². The number of carbonyl (C=O) groups excluding carboxylic acids is 3. The van der Waals surface area contributed by atoms with Crippen LogP contribution in [0.25, 0.3) is 0 Å². The summed E-state index contributed by atoms with van der Waals surface area (Å²) in [6.07, 6.45) is 79.9. The fraction of sp³-hybridized carbons (Fsp3) is 0.712. The number of unbranched alkanes of at least 4 members (excludes halogenated alkanes) is 27. The van der Waals surface area contributed by atoms with Gasteiger partial charge in [0.25, 0.3) is 0 Å². The Bertz CT molecular complexity index is 1430. The fourth-order valence-electron chi connectivity index (χ4n) is 8.30. The minimum atomic E-state index is -0.781. The van der Waals surface area contributed by atoms with E-state index in [0.717, 1.165) is 122 Å². The van der Waals surface area contributed by atoms with Crippen LogP contribution in [0.4, 0.5) is 0 Å². The van der Waals surface area contributed by atoms with Gasteiger partial charge in [-0.25, -0.2) is 0 Å². The van der Waals surface area contributed by atoms with Gasteiger partial charge in [-0.2, -0.15) is 0 Å². The van der Waals surface area contributed by atoms with Crippen molar-refractivity contribution in [1.82, 2.24) is 0 Å². The molecule has 0 aromatic rings. The summed E-state index contributed by atoms with van der Waals surface area (Å²) in [6.45, 7) is 6.49. The molecule has 1 unspecified atom stereocenters. The molecule has 0 aliphatic rings. The number of carbonyl (C=O) groups is 3. The predicted octanol–water partition coefficient (Wildman–Crippen LogP) is 20.5. The average molecular weight is 1000 g/mol. The molecule has 0 aromatic heterocycles. The summed E-state index contributed by atoms with van der Waals surface area (Å²) < 4.78 is 16.8. The first-order chi connectivity index (χ1) is 35.5. The highest BCUT2D eigenvalue weighted by Gasteiger charge is 2.19. The van der Waals surface area contributed by atoms with Gasteiger partial charge in [-0.05, 0) is 103 Å². The molecule has 0 bridgehead atoms. The Kier molecular flexibility index (Phi) is 56.8. The van der Waals surface area contributed by atoms with Gasteiger partial charge in [0.15, 0.2) is 6.10 Å². The van der Waals surface area contributed by atoms with Crippen molar-refractivity contribution in [3.63, 3.8) is 0 Å². The molecule has 6 nitrogen and oxygen atoms in total. The van der Waals surface area contributed by atoms with Crippen molar-refractivity contribution in [3.8, 4) is 0 Å². The Morgan fingerprint density at radius 1 is 0.292 bits per heavy atom. The van der Waals surface area contributed by atoms with Crippen LogP contribution < -0.4 is 0 Å². The van der Waals surface area contributed by atoms with Crippen LogP contribution in [0.5, 0.6) is 0 Å². The second-order valence-electron chi connectivity index (χ2n) is 19.9. The molecule has 412 valence electrons. The van der Waals surface area contributed by atoms with Gasteiger partial charge in [0.05, 0.1) is 0 Å². The Labute approximate surface area is 445 Å². The molecule has 0 saturated carbocycles. The molecule has 0 amide bonds. The minimum absolute atomic E-state index is 0.0803. The van der Waals surface area contributed by atoms with Gasteiger partial charge >= 0.3 is 17.9 Å². The van der Waals surface area contributed by atoms with Gasteiger partial charge in [0.1, 0.15) is 13.2 Å². The normalized spacial score (nSPS) is 12.8. The van der Waals surface area contributed by atoms with Gasteiger partial charge in [-0.1, -0.05) is 259 Å². The zero-order valence-electron chi connectivity index (χ0n) is 47.2. The fourth-order valence-corrected chi connectivity index (χ4v) is 8.30. The third kappa shape index (κ3) is 57.2. The van der Waals surface area contributed by atoms with E-state index in [4.69, 9.17) is 14.2 Å². The Morgan fingerprint density at radius 2 is 0.542 bits per heavy atom. The Balaban J connectivity index is 4.17. The molecule has 1 atom stereocenters.